The zero-order valence-electron chi connectivity index (χ0n) is 13.3. The molecule has 124 valence electrons. The number of likely N-dealkylation sites (tertiary alicyclic amines) is 1. The Bertz CT molecular complexity index is 682. The molecule has 2 aromatic rings. The lowest BCUT2D eigenvalue weighted by Gasteiger charge is -2.35. The summed E-state index contributed by atoms with van der Waals surface area (Å²) in [6.45, 7) is 5.02. The highest BCUT2D eigenvalue weighted by Gasteiger charge is 2.22. The molecule has 3 heterocycles. The lowest BCUT2D eigenvalue weighted by molar-refractivity contribution is 0.147. The van der Waals surface area contributed by atoms with Gasteiger partial charge in [-0.2, -0.15) is 10.1 Å². The van der Waals surface area contributed by atoms with Crippen molar-refractivity contribution in [3.05, 3.63) is 34.5 Å². The van der Waals surface area contributed by atoms with Gasteiger partial charge in [-0.05, 0) is 32.4 Å². The predicted molar refractivity (Wildman–Crippen MR) is 85.2 cm³/mol. The molecule has 23 heavy (non-hydrogen) atoms. The molecule has 0 aliphatic carbocycles. The maximum atomic E-state index is 11.7. The summed E-state index contributed by atoms with van der Waals surface area (Å²) in [4.78, 5) is 18.3. The Morgan fingerprint density at radius 1 is 1.39 bits per heavy atom. The van der Waals surface area contributed by atoms with Crippen molar-refractivity contribution < 1.29 is 4.52 Å². The third-order valence-corrected chi connectivity index (χ3v) is 4.15. The SMILES string of the molecule is Cc1noc(NCC2CCCCN2CCn2ncccc2=O)n1. The fourth-order valence-electron chi connectivity index (χ4n) is 2.94. The summed E-state index contributed by atoms with van der Waals surface area (Å²) in [5.74, 6) is 0.627. The van der Waals surface area contributed by atoms with E-state index in [1.807, 2.05) is 0 Å². The molecule has 3 rings (SSSR count). The molecule has 1 N–H and O–H groups in total. The lowest BCUT2D eigenvalue weighted by Crippen LogP contribution is -2.45. The first kappa shape index (κ1) is 15.7. The number of aryl methyl sites for hydroxylation is 1. The Morgan fingerprint density at radius 3 is 3.09 bits per heavy atom. The van der Waals surface area contributed by atoms with Crippen molar-refractivity contribution in [2.24, 2.45) is 0 Å². The molecule has 0 amide bonds. The molecule has 2 aromatic heterocycles. The molecule has 1 saturated heterocycles. The second-order valence-corrected chi connectivity index (χ2v) is 5.80. The molecule has 8 heteroatoms. The Labute approximate surface area is 134 Å². The molecule has 0 radical (unpaired) electrons. The number of piperidine rings is 1. The van der Waals surface area contributed by atoms with Gasteiger partial charge >= 0.3 is 6.01 Å². The Balaban J connectivity index is 1.55. The van der Waals surface area contributed by atoms with Gasteiger partial charge in [0.15, 0.2) is 5.82 Å². The van der Waals surface area contributed by atoms with Gasteiger partial charge < -0.3 is 9.84 Å². The van der Waals surface area contributed by atoms with E-state index < -0.39 is 0 Å². The third-order valence-electron chi connectivity index (χ3n) is 4.15. The first-order valence-electron chi connectivity index (χ1n) is 8.03. The molecule has 1 atom stereocenters. The summed E-state index contributed by atoms with van der Waals surface area (Å²) in [5.41, 5.74) is -0.0551. The summed E-state index contributed by atoms with van der Waals surface area (Å²) in [7, 11) is 0. The van der Waals surface area contributed by atoms with Crippen molar-refractivity contribution in [3.63, 3.8) is 0 Å². The lowest BCUT2D eigenvalue weighted by atomic mass is 10.0. The first-order valence-corrected chi connectivity index (χ1v) is 8.03. The normalized spacial score (nSPS) is 18.9. The molecular formula is C15H22N6O2. The molecular weight excluding hydrogens is 296 g/mol. The maximum absolute atomic E-state index is 11.7. The van der Waals surface area contributed by atoms with E-state index >= 15 is 0 Å². The highest BCUT2D eigenvalue weighted by molar-refractivity contribution is 5.18. The van der Waals surface area contributed by atoms with E-state index in [-0.39, 0.29) is 5.56 Å². The van der Waals surface area contributed by atoms with Crippen LogP contribution in [-0.4, -0.2) is 50.5 Å². The van der Waals surface area contributed by atoms with Crippen molar-refractivity contribution in [1.29, 1.82) is 0 Å². The number of hydrogen-bond acceptors (Lipinski definition) is 7. The molecule has 0 aromatic carbocycles. The second kappa shape index (κ2) is 7.36. The van der Waals surface area contributed by atoms with Gasteiger partial charge in [0.25, 0.3) is 5.56 Å². The van der Waals surface area contributed by atoms with Crippen LogP contribution in [0, 0.1) is 6.92 Å². The molecule has 8 nitrogen and oxygen atoms in total. The topological polar surface area (TPSA) is 89.1 Å². The average Bonchev–Trinajstić information content (AvgIpc) is 2.98. The number of rotatable bonds is 6. The van der Waals surface area contributed by atoms with E-state index in [9.17, 15) is 4.79 Å². The number of anilines is 1. The summed E-state index contributed by atoms with van der Waals surface area (Å²) in [6.07, 6.45) is 5.17. The van der Waals surface area contributed by atoms with Gasteiger partial charge in [0.05, 0.1) is 6.54 Å². The Kier molecular flexibility index (Phi) is 5.02. The molecule has 0 spiro atoms. The van der Waals surface area contributed by atoms with E-state index in [1.165, 1.54) is 17.5 Å². The maximum Gasteiger partial charge on any atom is 0.321 e. The van der Waals surface area contributed by atoms with E-state index in [0.717, 1.165) is 26.1 Å². The quantitative estimate of drug-likeness (QED) is 0.846. The van der Waals surface area contributed by atoms with Crippen molar-refractivity contribution in [2.75, 3.05) is 25.0 Å². The van der Waals surface area contributed by atoms with Gasteiger partial charge in [0.2, 0.25) is 0 Å². The van der Waals surface area contributed by atoms with Crippen LogP contribution in [0.5, 0.6) is 0 Å². The molecule has 1 unspecified atom stereocenters. The molecule has 0 saturated carbocycles. The van der Waals surface area contributed by atoms with Gasteiger partial charge in [-0.1, -0.05) is 11.6 Å². The van der Waals surface area contributed by atoms with E-state index in [1.54, 1.807) is 25.3 Å². The van der Waals surface area contributed by atoms with Gasteiger partial charge in [-0.15, -0.1) is 0 Å². The number of nitrogens with one attached hydrogen (secondary N) is 1. The van der Waals surface area contributed by atoms with Gasteiger partial charge in [0, 0.05) is 31.4 Å². The Morgan fingerprint density at radius 2 is 2.30 bits per heavy atom. The van der Waals surface area contributed by atoms with Crippen LogP contribution < -0.4 is 10.9 Å². The van der Waals surface area contributed by atoms with E-state index in [4.69, 9.17) is 4.52 Å². The van der Waals surface area contributed by atoms with Gasteiger partial charge in [-0.3, -0.25) is 9.69 Å². The zero-order chi connectivity index (χ0) is 16.1. The van der Waals surface area contributed by atoms with E-state index in [2.05, 4.69) is 25.5 Å². The van der Waals surface area contributed by atoms with Crippen LogP contribution in [0.1, 0.15) is 25.1 Å². The van der Waals surface area contributed by atoms with Crippen LogP contribution in [-0.2, 0) is 6.54 Å². The number of hydrogen-bond donors (Lipinski definition) is 1. The summed E-state index contributed by atoms with van der Waals surface area (Å²) < 4.78 is 6.60. The summed E-state index contributed by atoms with van der Waals surface area (Å²) in [5, 5.41) is 11.1. The van der Waals surface area contributed by atoms with Crippen LogP contribution in [0.25, 0.3) is 0 Å². The zero-order valence-corrected chi connectivity index (χ0v) is 13.3. The molecule has 1 fully saturated rings. The Hall–Kier alpha value is -2.22. The minimum atomic E-state index is -0.0551. The third kappa shape index (κ3) is 4.16. The fraction of sp³-hybridized carbons (Fsp3) is 0.600. The minimum Gasteiger partial charge on any atom is -0.336 e. The van der Waals surface area contributed by atoms with Crippen LogP contribution in [0.2, 0.25) is 0 Å². The largest absolute Gasteiger partial charge is 0.336 e. The average molecular weight is 318 g/mol. The summed E-state index contributed by atoms with van der Waals surface area (Å²) in [6, 6.07) is 4.07. The van der Waals surface area contributed by atoms with Gasteiger partial charge in [0.1, 0.15) is 0 Å². The summed E-state index contributed by atoms with van der Waals surface area (Å²) >= 11 is 0. The predicted octanol–water partition coefficient (Wildman–Crippen LogP) is 0.901. The smallest absolute Gasteiger partial charge is 0.321 e. The molecule has 0 bridgehead atoms. The van der Waals surface area contributed by atoms with Crippen LogP contribution >= 0.6 is 0 Å². The second-order valence-electron chi connectivity index (χ2n) is 5.80. The van der Waals surface area contributed by atoms with Crippen LogP contribution in [0.4, 0.5) is 6.01 Å². The monoisotopic (exact) mass is 318 g/mol. The molecule has 1 aliphatic heterocycles. The van der Waals surface area contributed by atoms with Crippen molar-refractivity contribution in [1.82, 2.24) is 24.8 Å². The standard InChI is InChI=1S/C15H22N6O2/c1-12-18-15(23-19-12)16-11-13-5-2-3-8-20(13)9-10-21-14(22)6-4-7-17-21/h4,6-7,13H,2-3,5,8-11H2,1H3,(H,16,18,19). The van der Waals surface area contributed by atoms with Crippen molar-refractivity contribution in [2.45, 2.75) is 38.8 Å². The number of aromatic nitrogens is 4. The highest BCUT2D eigenvalue weighted by Crippen LogP contribution is 2.17. The van der Waals surface area contributed by atoms with Gasteiger partial charge in [-0.25, -0.2) is 4.68 Å². The van der Waals surface area contributed by atoms with Crippen molar-refractivity contribution in [3.8, 4) is 0 Å². The van der Waals surface area contributed by atoms with Crippen molar-refractivity contribution >= 4 is 6.01 Å². The van der Waals surface area contributed by atoms with Crippen LogP contribution in [0.3, 0.4) is 0 Å². The first-order chi connectivity index (χ1) is 11.2. The van der Waals surface area contributed by atoms with Crippen LogP contribution in [0.15, 0.2) is 27.6 Å². The number of nitrogens with zero attached hydrogens (tertiary/aromatic N) is 5. The highest BCUT2D eigenvalue weighted by atomic mass is 16.5. The minimum absolute atomic E-state index is 0.0551. The van der Waals surface area contributed by atoms with E-state index in [0.29, 0.717) is 24.4 Å². The fourth-order valence-corrected chi connectivity index (χ4v) is 2.94. The molecule has 1 aliphatic rings.